The standard InChI is InChI=1S/C27H28N8O11S2.Na/c1-2-14-15(46-27(42)45-14)9-44-26(41)33-5-4-13(8-33)34-6-3-11(21(34)37)7-12-10-47-23-17(22(38)35(23)18(12)24(39)40)29-20(36)16(31-43)19-30-25(28)48-32-19;/h7,13,17,23,43H,2-6,8-10H2,1H3,(H,29,36)(H,39,40)(H2,28,30,32);/t13-,17-,23-;/m1./s1. The molecule has 1 radical (unpaired) electrons. The van der Waals surface area contributed by atoms with Crippen molar-refractivity contribution in [2.45, 2.75) is 50.3 Å². The third kappa shape index (κ3) is 6.98. The molecule has 0 spiro atoms. The first-order valence-electron chi connectivity index (χ1n) is 14.6. The fourth-order valence-electron chi connectivity index (χ4n) is 5.91. The summed E-state index contributed by atoms with van der Waals surface area (Å²) >= 11 is 1.97. The molecule has 4 amide bonds. The molecule has 0 unspecified atom stereocenters. The summed E-state index contributed by atoms with van der Waals surface area (Å²) in [6.07, 6.45) is 2.08. The maximum atomic E-state index is 13.4. The SMILES string of the molecule is CCc1oc(=O)oc1COC(=O)N1CC[C@@H](N2CCC(=CC3=C(C(=O)O)N4C(=O)[C@@H](NC(=O)C(=NO)c5nsc(N)n5)[C@H]4SC3)C2=O)C1.[Na]. The van der Waals surface area contributed by atoms with Crippen molar-refractivity contribution in [1.82, 2.24) is 29.4 Å². The van der Waals surface area contributed by atoms with Crippen LogP contribution in [0.15, 0.2) is 41.7 Å². The minimum absolute atomic E-state index is 0. The van der Waals surface area contributed by atoms with Crippen molar-refractivity contribution in [2.75, 3.05) is 31.1 Å². The van der Waals surface area contributed by atoms with Gasteiger partial charge >= 0.3 is 17.9 Å². The third-order valence-corrected chi connectivity index (χ3v) is 10.0. The fraction of sp³-hybridized carbons (Fsp3) is 0.444. The maximum absolute atomic E-state index is 13.4. The van der Waals surface area contributed by atoms with Crippen LogP contribution in [0, 0.1) is 0 Å². The number of nitrogens with two attached hydrogens (primary N) is 1. The van der Waals surface area contributed by atoms with Crippen molar-refractivity contribution in [1.29, 1.82) is 0 Å². The Hall–Kier alpha value is -4.18. The molecule has 2 aromatic heterocycles. The van der Waals surface area contributed by atoms with E-state index in [9.17, 15) is 39.1 Å². The van der Waals surface area contributed by atoms with Crippen LogP contribution in [0.1, 0.15) is 37.1 Å². The smallest absolute Gasteiger partial charge is 0.477 e. The molecule has 22 heteroatoms. The summed E-state index contributed by atoms with van der Waals surface area (Å²) in [6.45, 7) is 2.41. The number of carboxylic acids is 1. The molecule has 5 N–H and O–H groups in total. The van der Waals surface area contributed by atoms with Gasteiger partial charge in [-0.25, -0.2) is 14.4 Å². The molecule has 0 aromatic carbocycles. The second kappa shape index (κ2) is 14.7. The number of aryl methyl sites for hydroxylation is 1. The van der Waals surface area contributed by atoms with E-state index in [1.807, 2.05) is 0 Å². The molecule has 49 heavy (non-hydrogen) atoms. The van der Waals surface area contributed by atoms with Crippen LogP contribution in [0.25, 0.3) is 0 Å². The molecule has 0 saturated carbocycles. The monoisotopic (exact) mass is 727 g/mol. The Morgan fingerprint density at radius 3 is 2.63 bits per heavy atom. The molecule has 6 rings (SSSR count). The number of nitrogens with zero attached hydrogens (tertiary/aromatic N) is 6. The third-order valence-electron chi connectivity index (χ3n) is 8.20. The first kappa shape index (κ1) is 36.1. The molecule has 3 atom stereocenters. The zero-order valence-electron chi connectivity index (χ0n) is 26.1. The van der Waals surface area contributed by atoms with Gasteiger partial charge in [0, 0.05) is 78.5 Å². The van der Waals surface area contributed by atoms with E-state index >= 15 is 0 Å². The summed E-state index contributed by atoms with van der Waals surface area (Å²) in [5, 5.41) is 24.0. The van der Waals surface area contributed by atoms with Gasteiger partial charge in [0.1, 0.15) is 17.1 Å². The number of ether oxygens (including phenoxy) is 1. The average Bonchev–Trinajstić information content (AvgIpc) is 3.86. The van der Waals surface area contributed by atoms with E-state index in [1.54, 1.807) is 11.8 Å². The summed E-state index contributed by atoms with van der Waals surface area (Å²) in [7, 11) is 0. The first-order valence-corrected chi connectivity index (χ1v) is 16.4. The number of anilines is 1. The van der Waals surface area contributed by atoms with Gasteiger partial charge in [-0.3, -0.25) is 19.3 Å². The molecular weight excluding hydrogens is 699 g/mol. The van der Waals surface area contributed by atoms with Gasteiger partial charge in [-0.05, 0) is 24.5 Å². The molecule has 3 fully saturated rings. The van der Waals surface area contributed by atoms with E-state index in [4.69, 9.17) is 19.3 Å². The van der Waals surface area contributed by atoms with Gasteiger partial charge in [0.05, 0.1) is 6.04 Å². The topological polar surface area (TPSA) is 264 Å². The number of likely N-dealkylation sites (tertiary alicyclic amines) is 2. The number of hydrogen-bond donors (Lipinski definition) is 4. The van der Waals surface area contributed by atoms with Crippen LogP contribution in [0.2, 0.25) is 0 Å². The van der Waals surface area contributed by atoms with Crippen LogP contribution >= 0.6 is 23.3 Å². The van der Waals surface area contributed by atoms with Gasteiger partial charge in [-0.1, -0.05) is 12.1 Å². The van der Waals surface area contributed by atoms with E-state index in [0.717, 1.165) is 16.4 Å². The molecule has 4 aliphatic rings. The van der Waals surface area contributed by atoms with Crippen molar-refractivity contribution in [3.63, 3.8) is 0 Å². The first-order chi connectivity index (χ1) is 23.0. The number of fused-ring (bicyclic) bond motifs is 1. The van der Waals surface area contributed by atoms with Gasteiger partial charge < -0.3 is 44.7 Å². The number of aliphatic carboxylic acids is 1. The zero-order chi connectivity index (χ0) is 34.3. The molecule has 0 aliphatic carbocycles. The number of allylic oxidation sites excluding steroid dienone is 1. The molecule has 19 nitrogen and oxygen atoms in total. The maximum Gasteiger partial charge on any atom is 0.519 e. The second-order valence-corrected chi connectivity index (χ2v) is 12.8. The van der Waals surface area contributed by atoms with Crippen molar-refractivity contribution in [2.24, 2.45) is 5.16 Å². The molecule has 0 bridgehead atoms. The molecule has 4 aliphatic heterocycles. The largest absolute Gasteiger partial charge is 0.519 e. The van der Waals surface area contributed by atoms with Crippen LogP contribution in [-0.2, 0) is 36.9 Å². The summed E-state index contributed by atoms with van der Waals surface area (Å²) in [5.41, 5.74) is 5.30. The summed E-state index contributed by atoms with van der Waals surface area (Å²) in [4.78, 5) is 83.6. The van der Waals surface area contributed by atoms with E-state index in [0.29, 0.717) is 43.7 Å². The minimum Gasteiger partial charge on any atom is -0.477 e. The molecule has 2 aromatic rings. The van der Waals surface area contributed by atoms with Crippen LogP contribution in [0.4, 0.5) is 9.93 Å². The number of oxime groups is 1. The van der Waals surface area contributed by atoms with Crippen molar-refractivity contribution < 1.29 is 47.9 Å². The number of nitrogen functional groups attached to an aromatic ring is 1. The summed E-state index contributed by atoms with van der Waals surface area (Å²) in [6, 6.07) is -1.41. The van der Waals surface area contributed by atoms with Crippen molar-refractivity contribution in [3.05, 3.63) is 50.9 Å². The van der Waals surface area contributed by atoms with Crippen LogP contribution in [-0.4, -0.2) is 142 Å². The van der Waals surface area contributed by atoms with E-state index < -0.39 is 46.8 Å². The summed E-state index contributed by atoms with van der Waals surface area (Å²) in [5.74, 6) is -3.88. The van der Waals surface area contributed by atoms with E-state index in [2.05, 4.69) is 19.8 Å². The van der Waals surface area contributed by atoms with Crippen molar-refractivity contribution in [3.8, 4) is 0 Å². The average molecular weight is 728 g/mol. The van der Waals surface area contributed by atoms with Crippen LogP contribution < -0.4 is 16.9 Å². The number of aromatic nitrogens is 2. The second-order valence-electron chi connectivity index (χ2n) is 11.0. The number of thioether (sulfide) groups is 1. The fourth-order valence-corrected chi connectivity index (χ4v) is 7.65. The molecule has 6 heterocycles. The number of carbonyl (C=O) groups is 5. The Morgan fingerprint density at radius 1 is 1.20 bits per heavy atom. The Bertz CT molecular complexity index is 1850. The van der Waals surface area contributed by atoms with Gasteiger partial charge in [-0.15, -0.1) is 11.8 Å². The predicted molar refractivity (Wildman–Crippen MR) is 169 cm³/mol. The Morgan fingerprint density at radius 2 is 1.96 bits per heavy atom. The predicted octanol–water partition coefficient (Wildman–Crippen LogP) is -0.665. The minimum atomic E-state index is -1.38. The quantitative estimate of drug-likeness (QED) is 0.0624. The molecule has 255 valence electrons. The number of amides is 4. The van der Waals surface area contributed by atoms with Gasteiger partial charge in [0.15, 0.2) is 23.3 Å². The van der Waals surface area contributed by atoms with Crippen LogP contribution in [0.3, 0.4) is 0 Å². The number of nitrogens with one attached hydrogen (secondary N) is 1. The number of β-lactam (4-membered cyclic amide) rings is 1. The number of rotatable bonds is 9. The number of hydrogen-bond acceptors (Lipinski definition) is 16. The van der Waals surface area contributed by atoms with Gasteiger partial charge in [0.2, 0.25) is 17.4 Å². The Labute approximate surface area is 306 Å². The van der Waals surface area contributed by atoms with Crippen LogP contribution in [0.5, 0.6) is 0 Å². The van der Waals surface area contributed by atoms with Crippen molar-refractivity contribution >= 4 is 93.5 Å². The van der Waals surface area contributed by atoms with Gasteiger partial charge in [-0.2, -0.15) is 9.36 Å². The number of carbonyl (C=O) groups excluding carboxylic acids is 4. The summed E-state index contributed by atoms with van der Waals surface area (Å²) < 4.78 is 18.9. The zero-order valence-corrected chi connectivity index (χ0v) is 29.7. The normalized spacial score (nSPS) is 23.0. The Kier molecular flexibility index (Phi) is 10.9. The van der Waals surface area contributed by atoms with E-state index in [1.165, 1.54) is 22.7 Å². The molecule has 3 saturated heterocycles. The van der Waals surface area contributed by atoms with E-state index in [-0.39, 0.29) is 88.4 Å². The Balaban J connectivity index is 0.00000468. The molecular formula is C27H28N8NaO11S2. The van der Waals surface area contributed by atoms with Gasteiger partial charge in [0.25, 0.3) is 11.8 Å². The number of carboxylic acid groups (broad SMARTS) is 1.